The van der Waals surface area contributed by atoms with Crippen LogP contribution < -0.4 is 10.1 Å². The van der Waals surface area contributed by atoms with Gasteiger partial charge in [0.05, 0.1) is 13.2 Å². The molecule has 0 atom stereocenters. The van der Waals surface area contributed by atoms with Crippen LogP contribution in [0.5, 0.6) is 5.75 Å². The summed E-state index contributed by atoms with van der Waals surface area (Å²) in [6, 6.07) is 5.04. The van der Waals surface area contributed by atoms with Crippen LogP contribution in [0.25, 0.3) is 0 Å². The van der Waals surface area contributed by atoms with E-state index >= 15 is 0 Å². The van der Waals surface area contributed by atoms with E-state index in [0.717, 1.165) is 5.56 Å². The fourth-order valence-corrected chi connectivity index (χ4v) is 2.13. The first-order chi connectivity index (χ1) is 9.92. The summed E-state index contributed by atoms with van der Waals surface area (Å²) in [6.07, 6.45) is 0. The Kier molecular flexibility index (Phi) is 8.24. The highest BCUT2D eigenvalue weighted by molar-refractivity contribution is 8.00. The Balaban J connectivity index is 2.48. The van der Waals surface area contributed by atoms with E-state index in [4.69, 9.17) is 21.1 Å². The number of rotatable bonds is 9. The molecule has 120 valence electrons. The van der Waals surface area contributed by atoms with Crippen molar-refractivity contribution in [2.75, 3.05) is 32.6 Å². The highest BCUT2D eigenvalue weighted by Gasteiger charge is 2.27. The standard InChI is InChI=1S/C13H17ClF3NO2S/c1-19-5-4-18-9-10-8-11(14)2-3-12(10)20-6-7-21-13(15,16)17/h2-3,8,18H,4-7,9H2,1H3. The normalized spacial score (nSPS) is 11.7. The van der Waals surface area contributed by atoms with Gasteiger partial charge in [0.25, 0.3) is 0 Å². The van der Waals surface area contributed by atoms with Crippen LogP contribution in [0.2, 0.25) is 5.02 Å². The molecule has 0 aliphatic carbocycles. The maximum atomic E-state index is 12.0. The van der Waals surface area contributed by atoms with Crippen LogP contribution in [0.1, 0.15) is 5.56 Å². The Bertz CT molecular complexity index is 432. The van der Waals surface area contributed by atoms with E-state index < -0.39 is 5.51 Å². The van der Waals surface area contributed by atoms with Crippen LogP contribution in [0, 0.1) is 0 Å². The average Bonchev–Trinajstić information content (AvgIpc) is 2.40. The Morgan fingerprint density at radius 1 is 1.29 bits per heavy atom. The lowest BCUT2D eigenvalue weighted by atomic mass is 10.2. The minimum Gasteiger partial charge on any atom is -0.492 e. The van der Waals surface area contributed by atoms with Crippen LogP contribution in [0.3, 0.4) is 0 Å². The van der Waals surface area contributed by atoms with Gasteiger partial charge in [-0.25, -0.2) is 0 Å². The van der Waals surface area contributed by atoms with Gasteiger partial charge in [0.1, 0.15) is 5.75 Å². The van der Waals surface area contributed by atoms with Gasteiger partial charge in [-0.2, -0.15) is 13.2 Å². The summed E-state index contributed by atoms with van der Waals surface area (Å²) >= 11 is 5.82. The van der Waals surface area contributed by atoms with Crippen molar-refractivity contribution in [3.8, 4) is 5.75 Å². The summed E-state index contributed by atoms with van der Waals surface area (Å²) in [4.78, 5) is 0. The largest absolute Gasteiger partial charge is 0.492 e. The monoisotopic (exact) mass is 343 g/mol. The fraction of sp³-hybridized carbons (Fsp3) is 0.538. The van der Waals surface area contributed by atoms with Crippen molar-refractivity contribution in [1.29, 1.82) is 0 Å². The summed E-state index contributed by atoms with van der Waals surface area (Å²) in [7, 11) is 1.61. The maximum Gasteiger partial charge on any atom is 0.441 e. The Morgan fingerprint density at radius 2 is 2.05 bits per heavy atom. The zero-order valence-electron chi connectivity index (χ0n) is 11.5. The first-order valence-corrected chi connectivity index (χ1v) is 7.60. The Hall–Kier alpha value is -0.630. The van der Waals surface area contributed by atoms with E-state index in [1.807, 2.05) is 0 Å². The van der Waals surface area contributed by atoms with Crippen LogP contribution in [0.15, 0.2) is 18.2 Å². The summed E-state index contributed by atoms with van der Waals surface area (Å²) in [5.74, 6) is 0.384. The molecule has 21 heavy (non-hydrogen) atoms. The van der Waals surface area contributed by atoms with Gasteiger partial charge in [0, 0.05) is 36.5 Å². The van der Waals surface area contributed by atoms with Gasteiger partial charge in [0.2, 0.25) is 0 Å². The van der Waals surface area contributed by atoms with Crippen LogP contribution in [0.4, 0.5) is 13.2 Å². The van der Waals surface area contributed by atoms with Crippen molar-refractivity contribution in [1.82, 2.24) is 5.32 Å². The number of hydrogen-bond donors (Lipinski definition) is 1. The van der Waals surface area contributed by atoms with Crippen molar-refractivity contribution >= 4 is 23.4 Å². The molecule has 0 amide bonds. The number of ether oxygens (including phenoxy) is 2. The molecule has 1 aromatic carbocycles. The van der Waals surface area contributed by atoms with Gasteiger partial charge in [0.15, 0.2) is 0 Å². The second kappa shape index (κ2) is 9.40. The molecule has 0 fully saturated rings. The molecule has 0 heterocycles. The molecule has 8 heteroatoms. The smallest absolute Gasteiger partial charge is 0.441 e. The van der Waals surface area contributed by atoms with E-state index in [1.54, 1.807) is 25.3 Å². The van der Waals surface area contributed by atoms with Crippen molar-refractivity contribution in [2.45, 2.75) is 12.1 Å². The molecule has 1 N–H and O–H groups in total. The number of thioether (sulfide) groups is 1. The highest BCUT2D eigenvalue weighted by Crippen LogP contribution is 2.30. The molecule has 0 aromatic heterocycles. The predicted molar refractivity (Wildman–Crippen MR) is 79.0 cm³/mol. The SMILES string of the molecule is COCCNCc1cc(Cl)ccc1OCCSC(F)(F)F. The molecular weight excluding hydrogens is 327 g/mol. The van der Waals surface area contributed by atoms with Crippen molar-refractivity contribution < 1.29 is 22.6 Å². The lowest BCUT2D eigenvalue weighted by Gasteiger charge is -2.13. The molecule has 0 aliphatic heterocycles. The van der Waals surface area contributed by atoms with E-state index in [0.29, 0.717) is 30.5 Å². The number of benzene rings is 1. The minimum absolute atomic E-state index is 0.0170. The lowest BCUT2D eigenvalue weighted by molar-refractivity contribution is -0.0329. The van der Waals surface area contributed by atoms with Gasteiger partial charge in [-0.15, -0.1) is 0 Å². The minimum atomic E-state index is -4.23. The molecule has 0 spiro atoms. The first kappa shape index (κ1) is 18.4. The number of hydrogen-bond acceptors (Lipinski definition) is 4. The van der Waals surface area contributed by atoms with E-state index in [1.165, 1.54) is 0 Å². The third kappa shape index (κ3) is 8.40. The first-order valence-electron chi connectivity index (χ1n) is 6.24. The lowest BCUT2D eigenvalue weighted by Crippen LogP contribution is -2.19. The molecule has 3 nitrogen and oxygen atoms in total. The molecule has 1 rings (SSSR count). The van der Waals surface area contributed by atoms with Crippen molar-refractivity contribution in [3.05, 3.63) is 28.8 Å². The third-order valence-electron chi connectivity index (χ3n) is 2.43. The molecule has 1 aromatic rings. The molecule has 0 saturated heterocycles. The van der Waals surface area contributed by atoms with Gasteiger partial charge < -0.3 is 14.8 Å². The zero-order chi connectivity index (χ0) is 15.7. The van der Waals surface area contributed by atoms with Gasteiger partial charge in [-0.1, -0.05) is 11.6 Å². The predicted octanol–water partition coefficient (Wildman–Crippen LogP) is 3.71. The number of alkyl halides is 3. The molecule has 0 saturated carbocycles. The van der Waals surface area contributed by atoms with Crippen LogP contribution in [-0.2, 0) is 11.3 Å². The van der Waals surface area contributed by atoms with Crippen molar-refractivity contribution in [3.63, 3.8) is 0 Å². The maximum absolute atomic E-state index is 12.0. The summed E-state index contributed by atoms with van der Waals surface area (Å²) in [5.41, 5.74) is -3.43. The topological polar surface area (TPSA) is 30.5 Å². The molecule has 0 bridgehead atoms. The number of methoxy groups -OCH3 is 1. The van der Waals surface area contributed by atoms with Crippen LogP contribution >= 0.6 is 23.4 Å². The third-order valence-corrected chi connectivity index (χ3v) is 3.36. The molecule has 0 aliphatic rings. The van der Waals surface area contributed by atoms with Gasteiger partial charge >= 0.3 is 5.51 Å². The Morgan fingerprint density at radius 3 is 2.71 bits per heavy atom. The summed E-state index contributed by atoms with van der Waals surface area (Å²) in [6.45, 7) is 1.72. The van der Waals surface area contributed by atoms with Gasteiger partial charge in [-0.05, 0) is 30.0 Å². The summed E-state index contributed by atoms with van der Waals surface area (Å²) in [5, 5.41) is 3.69. The number of halogens is 4. The van der Waals surface area contributed by atoms with Gasteiger partial charge in [-0.3, -0.25) is 0 Å². The van der Waals surface area contributed by atoms with E-state index in [-0.39, 0.29) is 24.1 Å². The molecule has 0 unspecified atom stereocenters. The quantitative estimate of drug-likeness (QED) is 0.692. The fourth-order valence-electron chi connectivity index (χ4n) is 1.53. The van der Waals surface area contributed by atoms with Crippen molar-refractivity contribution in [2.24, 2.45) is 0 Å². The second-order valence-corrected chi connectivity index (χ2v) is 5.66. The molecule has 0 radical (unpaired) electrons. The Labute approximate surface area is 131 Å². The molecular formula is C13H17ClF3NO2S. The highest BCUT2D eigenvalue weighted by atomic mass is 35.5. The van der Waals surface area contributed by atoms with E-state index in [2.05, 4.69) is 5.32 Å². The zero-order valence-corrected chi connectivity index (χ0v) is 13.1. The van der Waals surface area contributed by atoms with E-state index in [9.17, 15) is 13.2 Å². The average molecular weight is 344 g/mol. The number of nitrogens with one attached hydrogen (secondary N) is 1. The second-order valence-electron chi connectivity index (χ2n) is 4.06. The van der Waals surface area contributed by atoms with Crippen LogP contribution in [-0.4, -0.2) is 38.1 Å². The summed E-state index contributed by atoms with van der Waals surface area (Å²) < 4.78 is 46.4.